The molecule has 204 valence electrons. The number of carbonyl (C=O) groups is 3. The summed E-state index contributed by atoms with van der Waals surface area (Å²) >= 11 is 13.0. The van der Waals surface area contributed by atoms with Crippen molar-refractivity contribution in [3.05, 3.63) is 89.5 Å². The Morgan fingerprint density at radius 2 is 1.18 bits per heavy atom. The number of ketones is 2. The van der Waals surface area contributed by atoms with Crippen molar-refractivity contribution in [3.63, 3.8) is 0 Å². The Balaban J connectivity index is 1.55. The van der Waals surface area contributed by atoms with Crippen LogP contribution in [0.3, 0.4) is 0 Å². The zero-order valence-corrected chi connectivity index (χ0v) is 24.2. The number of amides is 1. The van der Waals surface area contributed by atoms with Crippen molar-refractivity contribution in [2.75, 3.05) is 32.7 Å². The molecule has 1 aliphatic rings. The van der Waals surface area contributed by atoms with Crippen molar-refractivity contribution in [2.24, 2.45) is 5.92 Å². The van der Waals surface area contributed by atoms with E-state index in [1.54, 1.807) is 77.7 Å². The molecule has 0 radical (unpaired) electrons. The van der Waals surface area contributed by atoms with Crippen molar-refractivity contribution < 1.29 is 14.4 Å². The first-order valence-corrected chi connectivity index (χ1v) is 14.3. The van der Waals surface area contributed by atoms with Gasteiger partial charge < -0.3 is 15.5 Å². The van der Waals surface area contributed by atoms with Crippen LogP contribution in [0.4, 0.5) is 0 Å². The summed E-state index contributed by atoms with van der Waals surface area (Å²) in [4.78, 5) is 44.5. The number of rotatable bonds is 5. The number of thiol groups is 3. The Morgan fingerprint density at radius 1 is 0.667 bits per heavy atom. The van der Waals surface area contributed by atoms with Crippen LogP contribution in [0.25, 0.3) is 0 Å². The first kappa shape index (κ1) is 29.4. The lowest BCUT2D eigenvalue weighted by Crippen LogP contribution is -2.47. The highest BCUT2D eigenvalue weighted by Gasteiger charge is 2.27. The molecule has 1 amide bonds. The van der Waals surface area contributed by atoms with Crippen LogP contribution in [0.5, 0.6) is 0 Å². The van der Waals surface area contributed by atoms with Gasteiger partial charge in [0.1, 0.15) is 0 Å². The molecule has 1 saturated heterocycles. The van der Waals surface area contributed by atoms with E-state index in [0.717, 1.165) is 21.1 Å². The van der Waals surface area contributed by atoms with Gasteiger partial charge in [-0.25, -0.2) is 0 Å². The number of benzene rings is 3. The molecule has 0 bridgehead atoms. The summed E-state index contributed by atoms with van der Waals surface area (Å²) in [5, 5.41) is 6.76. The highest BCUT2D eigenvalue weighted by Crippen LogP contribution is 2.17. The van der Waals surface area contributed by atoms with Crippen LogP contribution in [0, 0.1) is 5.92 Å². The van der Waals surface area contributed by atoms with E-state index in [-0.39, 0.29) is 23.4 Å². The lowest BCUT2D eigenvalue weighted by molar-refractivity contribution is 0.0732. The van der Waals surface area contributed by atoms with Crippen LogP contribution in [-0.4, -0.2) is 61.1 Å². The standard InChI is InChI=1S/C30H33N3O3S3/c34-28(20-2-8-24(37)9-3-20)23-18-31-15-1-16-33(30(36)22-6-12-26(39)13-7-22)17-14-27(32-19-23)29(35)21-4-10-25(38)11-5-21/h2-13,23,27,31-32,37-39H,1,14-19H2. The van der Waals surface area contributed by atoms with Gasteiger partial charge >= 0.3 is 0 Å². The Kier molecular flexibility index (Phi) is 10.7. The molecule has 0 saturated carbocycles. The predicted molar refractivity (Wildman–Crippen MR) is 163 cm³/mol. The van der Waals surface area contributed by atoms with Crippen molar-refractivity contribution >= 4 is 55.4 Å². The second kappa shape index (κ2) is 14.2. The van der Waals surface area contributed by atoms with Gasteiger partial charge in [0.25, 0.3) is 5.91 Å². The molecule has 2 atom stereocenters. The van der Waals surface area contributed by atoms with Crippen LogP contribution in [0.2, 0.25) is 0 Å². The van der Waals surface area contributed by atoms with Gasteiger partial charge in [-0.15, -0.1) is 37.9 Å². The summed E-state index contributed by atoms with van der Waals surface area (Å²) in [7, 11) is 0. The fraction of sp³-hybridized carbons (Fsp3) is 0.300. The van der Waals surface area contributed by atoms with E-state index in [2.05, 4.69) is 48.5 Å². The second-order valence-corrected chi connectivity index (χ2v) is 11.2. The van der Waals surface area contributed by atoms with E-state index >= 15 is 0 Å². The molecule has 2 unspecified atom stereocenters. The Labute approximate surface area is 246 Å². The summed E-state index contributed by atoms with van der Waals surface area (Å²) in [6, 6.07) is 20.8. The third-order valence-corrected chi connectivity index (χ3v) is 7.76. The van der Waals surface area contributed by atoms with Crippen LogP contribution in [-0.2, 0) is 0 Å². The van der Waals surface area contributed by atoms with Crippen LogP contribution >= 0.6 is 37.9 Å². The lowest BCUT2D eigenvalue weighted by Gasteiger charge is -2.28. The minimum absolute atomic E-state index is 0.00968. The molecule has 6 nitrogen and oxygen atoms in total. The van der Waals surface area contributed by atoms with Crippen LogP contribution in [0.1, 0.15) is 43.9 Å². The molecule has 0 aromatic heterocycles. The number of nitrogens with one attached hydrogen (secondary N) is 2. The summed E-state index contributed by atoms with van der Waals surface area (Å²) in [5.41, 5.74) is 1.76. The summed E-state index contributed by atoms with van der Waals surface area (Å²) in [6.07, 6.45) is 1.14. The summed E-state index contributed by atoms with van der Waals surface area (Å²) < 4.78 is 0. The van der Waals surface area contributed by atoms with Crippen molar-refractivity contribution in [1.29, 1.82) is 0 Å². The third kappa shape index (κ3) is 8.22. The average molecular weight is 580 g/mol. The van der Waals surface area contributed by atoms with Crippen molar-refractivity contribution in [1.82, 2.24) is 15.5 Å². The van der Waals surface area contributed by atoms with Gasteiger partial charge in [-0.2, -0.15) is 0 Å². The number of nitrogens with zero attached hydrogens (tertiary/aromatic N) is 1. The largest absolute Gasteiger partial charge is 0.339 e. The van der Waals surface area contributed by atoms with Gasteiger partial charge in [0.15, 0.2) is 11.6 Å². The topological polar surface area (TPSA) is 78.5 Å². The van der Waals surface area contributed by atoms with Gasteiger partial charge in [0.2, 0.25) is 0 Å². The Bertz CT molecular complexity index is 1210. The fourth-order valence-corrected chi connectivity index (χ4v) is 5.06. The molecule has 1 aliphatic heterocycles. The SMILES string of the molecule is O=C(c1ccc(S)cc1)C1CNCCCN(C(=O)c2ccc(S)cc2)CCC(C(=O)c2ccc(S)cc2)NC1. The monoisotopic (exact) mass is 579 g/mol. The summed E-state index contributed by atoms with van der Waals surface area (Å²) in [5.74, 6) is -0.504. The maximum absolute atomic E-state index is 13.6. The first-order chi connectivity index (χ1) is 18.8. The molecular formula is C30H33N3O3S3. The van der Waals surface area contributed by atoms with E-state index in [0.29, 0.717) is 55.8 Å². The third-order valence-electron chi connectivity index (χ3n) is 6.86. The maximum atomic E-state index is 13.6. The highest BCUT2D eigenvalue weighted by atomic mass is 32.1. The molecule has 0 spiro atoms. The smallest absolute Gasteiger partial charge is 0.253 e. The molecule has 3 aromatic rings. The molecule has 39 heavy (non-hydrogen) atoms. The van der Waals surface area contributed by atoms with Crippen LogP contribution in [0.15, 0.2) is 87.5 Å². The zero-order valence-electron chi connectivity index (χ0n) is 21.5. The minimum Gasteiger partial charge on any atom is -0.339 e. The molecule has 4 rings (SSSR count). The first-order valence-electron chi connectivity index (χ1n) is 13.0. The zero-order chi connectivity index (χ0) is 27.8. The molecule has 0 aliphatic carbocycles. The van der Waals surface area contributed by atoms with E-state index < -0.39 is 6.04 Å². The molecule has 9 heteroatoms. The average Bonchev–Trinajstić information content (AvgIpc) is 2.93. The van der Waals surface area contributed by atoms with Crippen molar-refractivity contribution in [3.8, 4) is 0 Å². The quantitative estimate of drug-likeness (QED) is 0.223. The Morgan fingerprint density at radius 3 is 1.74 bits per heavy atom. The number of hydrogen-bond donors (Lipinski definition) is 5. The lowest BCUT2D eigenvalue weighted by atomic mass is 9.95. The second-order valence-electron chi connectivity index (χ2n) is 9.67. The minimum atomic E-state index is -0.569. The molecular weight excluding hydrogens is 547 g/mol. The molecule has 1 heterocycles. The molecule has 1 fully saturated rings. The van der Waals surface area contributed by atoms with Crippen molar-refractivity contribution in [2.45, 2.75) is 33.6 Å². The van der Waals surface area contributed by atoms with Gasteiger partial charge in [0, 0.05) is 63.5 Å². The maximum Gasteiger partial charge on any atom is 0.253 e. The number of carbonyl (C=O) groups excluding carboxylic acids is 3. The molecule has 2 N–H and O–H groups in total. The molecule has 3 aromatic carbocycles. The number of hydrogen-bond acceptors (Lipinski definition) is 8. The highest BCUT2D eigenvalue weighted by molar-refractivity contribution is 7.80. The van der Waals surface area contributed by atoms with E-state index in [4.69, 9.17) is 0 Å². The predicted octanol–water partition coefficient (Wildman–Crippen LogP) is 4.72. The summed E-state index contributed by atoms with van der Waals surface area (Å²) in [6.45, 7) is 2.38. The number of Topliss-reactive ketones (excluding diaryl/α,β-unsaturated/α-hetero) is 2. The van der Waals surface area contributed by atoms with Gasteiger partial charge in [-0.3, -0.25) is 14.4 Å². The van der Waals surface area contributed by atoms with E-state index in [9.17, 15) is 14.4 Å². The van der Waals surface area contributed by atoms with Gasteiger partial charge in [0.05, 0.1) is 6.04 Å². The van der Waals surface area contributed by atoms with Gasteiger partial charge in [-0.1, -0.05) is 24.3 Å². The fourth-order valence-electron chi connectivity index (χ4n) is 4.61. The van der Waals surface area contributed by atoms with E-state index in [1.165, 1.54) is 0 Å². The van der Waals surface area contributed by atoms with E-state index in [1.807, 2.05) is 0 Å². The Hall–Kier alpha value is -2.56. The van der Waals surface area contributed by atoms with Gasteiger partial charge in [-0.05, 0) is 67.9 Å². The normalized spacial score (nSPS) is 19.0. The van der Waals surface area contributed by atoms with Crippen LogP contribution < -0.4 is 10.6 Å².